The van der Waals surface area contributed by atoms with Crippen LogP contribution in [0.4, 0.5) is 0 Å². The fourth-order valence-electron chi connectivity index (χ4n) is 1.86. The number of ether oxygens (including phenoxy) is 1. The summed E-state index contributed by atoms with van der Waals surface area (Å²) in [6.07, 6.45) is 4.00. The van der Waals surface area contributed by atoms with Gasteiger partial charge in [0.25, 0.3) is 0 Å². The minimum Gasteiger partial charge on any atom is -0.468 e. The van der Waals surface area contributed by atoms with Crippen molar-refractivity contribution < 1.29 is 9.53 Å². The molecule has 1 unspecified atom stereocenters. The van der Waals surface area contributed by atoms with Gasteiger partial charge in [-0.15, -0.1) is 5.10 Å². The van der Waals surface area contributed by atoms with E-state index in [1.54, 1.807) is 11.8 Å². The van der Waals surface area contributed by atoms with E-state index >= 15 is 0 Å². The third kappa shape index (κ3) is 4.17. The van der Waals surface area contributed by atoms with Crippen LogP contribution in [0, 0.1) is 0 Å². The number of nitrogens with zero attached hydrogens (tertiary/aromatic N) is 4. The van der Waals surface area contributed by atoms with E-state index in [0.29, 0.717) is 12.5 Å². The number of methoxy groups -OCH3 is 1. The molecule has 2 rings (SSSR count). The minimum atomic E-state index is -0.252. The highest BCUT2D eigenvalue weighted by molar-refractivity contribution is 7.99. The molecule has 1 heterocycles. The first-order valence-corrected chi connectivity index (χ1v) is 7.96. The van der Waals surface area contributed by atoms with Gasteiger partial charge in [0, 0.05) is 5.75 Å². The maximum Gasteiger partial charge on any atom is 0.322 e. The zero-order valence-electron chi connectivity index (χ0n) is 11.9. The lowest BCUT2D eigenvalue weighted by atomic mass is 10.2. The Bertz CT molecular complexity index is 435. The number of aromatic nitrogens is 4. The number of rotatable bonds is 9. The number of hydrogen-bond acceptors (Lipinski definition) is 7. The van der Waals surface area contributed by atoms with Gasteiger partial charge >= 0.3 is 5.97 Å². The molecule has 0 bridgehead atoms. The Labute approximate surface area is 122 Å². The van der Waals surface area contributed by atoms with Gasteiger partial charge in [-0.1, -0.05) is 18.7 Å². The molecule has 0 spiro atoms. The van der Waals surface area contributed by atoms with Crippen molar-refractivity contribution in [2.24, 2.45) is 0 Å². The molecule has 0 saturated heterocycles. The van der Waals surface area contributed by atoms with Gasteiger partial charge in [0.05, 0.1) is 13.2 Å². The van der Waals surface area contributed by atoms with Crippen LogP contribution in [0.3, 0.4) is 0 Å². The summed E-state index contributed by atoms with van der Waals surface area (Å²) in [4.78, 5) is 11.7. The number of esters is 1. The van der Waals surface area contributed by atoms with E-state index in [9.17, 15) is 4.79 Å². The molecule has 1 aromatic heterocycles. The van der Waals surface area contributed by atoms with E-state index in [2.05, 4.69) is 27.8 Å². The highest BCUT2D eigenvalue weighted by atomic mass is 32.2. The Morgan fingerprint density at radius 3 is 3.05 bits per heavy atom. The molecule has 7 nitrogen and oxygen atoms in total. The number of carbonyl (C=O) groups is 1. The van der Waals surface area contributed by atoms with Crippen LogP contribution in [0.5, 0.6) is 0 Å². The molecule has 1 fully saturated rings. The number of thioether (sulfide) groups is 1. The second kappa shape index (κ2) is 7.58. The SMILES string of the molecule is CCCNC(CCSc1nnnn1C1CC1)C(=O)OC. The second-order valence-corrected chi connectivity index (χ2v) is 5.87. The lowest BCUT2D eigenvalue weighted by Gasteiger charge is -2.15. The van der Waals surface area contributed by atoms with Crippen LogP contribution in [0.1, 0.15) is 38.6 Å². The summed E-state index contributed by atoms with van der Waals surface area (Å²) in [6.45, 7) is 2.88. The van der Waals surface area contributed by atoms with Gasteiger partial charge in [0.2, 0.25) is 5.16 Å². The van der Waals surface area contributed by atoms with Crippen molar-refractivity contribution in [3.63, 3.8) is 0 Å². The van der Waals surface area contributed by atoms with E-state index in [1.807, 2.05) is 4.68 Å². The number of hydrogen-bond donors (Lipinski definition) is 1. The van der Waals surface area contributed by atoms with Gasteiger partial charge in [-0.3, -0.25) is 4.79 Å². The molecular formula is C12H21N5O2S. The Morgan fingerprint density at radius 1 is 1.60 bits per heavy atom. The third-order valence-electron chi connectivity index (χ3n) is 3.12. The number of nitrogens with one attached hydrogen (secondary N) is 1. The molecular weight excluding hydrogens is 278 g/mol. The van der Waals surface area contributed by atoms with E-state index in [4.69, 9.17) is 4.74 Å². The lowest BCUT2D eigenvalue weighted by Crippen LogP contribution is -2.38. The van der Waals surface area contributed by atoms with Crippen LogP contribution in [0.15, 0.2) is 5.16 Å². The molecule has 1 N–H and O–H groups in total. The Hall–Kier alpha value is -1.15. The van der Waals surface area contributed by atoms with Crippen molar-refractivity contribution in [3.05, 3.63) is 0 Å². The van der Waals surface area contributed by atoms with Crippen molar-refractivity contribution in [2.75, 3.05) is 19.4 Å². The monoisotopic (exact) mass is 299 g/mol. The zero-order chi connectivity index (χ0) is 14.4. The summed E-state index contributed by atoms with van der Waals surface area (Å²) in [5.74, 6) is 0.574. The Kier molecular flexibility index (Phi) is 5.78. The first-order valence-electron chi connectivity index (χ1n) is 6.98. The number of carbonyl (C=O) groups excluding carboxylic acids is 1. The molecule has 112 valence electrons. The van der Waals surface area contributed by atoms with Gasteiger partial charge in [0.1, 0.15) is 6.04 Å². The fraction of sp³-hybridized carbons (Fsp3) is 0.833. The lowest BCUT2D eigenvalue weighted by molar-refractivity contribution is -0.143. The molecule has 1 atom stereocenters. The van der Waals surface area contributed by atoms with Gasteiger partial charge in [-0.05, 0) is 42.7 Å². The summed E-state index contributed by atoms with van der Waals surface area (Å²) in [5.41, 5.74) is 0. The third-order valence-corrected chi connectivity index (χ3v) is 4.09. The number of tetrazole rings is 1. The quantitative estimate of drug-likeness (QED) is 0.538. The summed E-state index contributed by atoms with van der Waals surface area (Å²) in [7, 11) is 1.42. The highest BCUT2D eigenvalue weighted by Gasteiger charge is 2.28. The molecule has 1 aliphatic carbocycles. The first kappa shape index (κ1) is 15.2. The van der Waals surface area contributed by atoms with Crippen molar-refractivity contribution in [2.45, 2.75) is 49.8 Å². The van der Waals surface area contributed by atoms with Gasteiger partial charge in [-0.25, -0.2) is 4.68 Å². The topological polar surface area (TPSA) is 81.9 Å². The minimum absolute atomic E-state index is 0.208. The maximum atomic E-state index is 11.7. The molecule has 1 aromatic rings. The molecule has 8 heteroatoms. The van der Waals surface area contributed by atoms with Gasteiger partial charge in [0.15, 0.2) is 0 Å². The Balaban J connectivity index is 1.79. The maximum absolute atomic E-state index is 11.7. The van der Waals surface area contributed by atoms with Crippen LogP contribution >= 0.6 is 11.8 Å². The first-order chi connectivity index (χ1) is 9.76. The summed E-state index contributed by atoms with van der Waals surface area (Å²) in [6, 6.07) is 0.222. The average molecular weight is 299 g/mol. The largest absolute Gasteiger partial charge is 0.468 e. The van der Waals surface area contributed by atoms with E-state index in [1.165, 1.54) is 7.11 Å². The van der Waals surface area contributed by atoms with E-state index in [0.717, 1.165) is 36.7 Å². The van der Waals surface area contributed by atoms with Crippen LogP contribution in [0.2, 0.25) is 0 Å². The fourth-order valence-corrected chi connectivity index (χ4v) is 2.81. The molecule has 0 aliphatic heterocycles. The van der Waals surface area contributed by atoms with Crippen molar-refractivity contribution in [1.29, 1.82) is 0 Å². The van der Waals surface area contributed by atoms with Crippen molar-refractivity contribution >= 4 is 17.7 Å². The van der Waals surface area contributed by atoms with Crippen LogP contribution < -0.4 is 5.32 Å². The predicted octanol–water partition coefficient (Wildman–Crippen LogP) is 1.03. The van der Waals surface area contributed by atoms with Crippen LogP contribution in [-0.4, -0.2) is 51.6 Å². The molecule has 0 aromatic carbocycles. The average Bonchev–Trinajstić information content (AvgIpc) is 3.21. The summed E-state index contributed by atoms with van der Waals surface area (Å²) in [5, 5.41) is 15.8. The predicted molar refractivity (Wildman–Crippen MR) is 75.5 cm³/mol. The highest BCUT2D eigenvalue weighted by Crippen LogP contribution is 2.36. The second-order valence-electron chi connectivity index (χ2n) is 4.80. The van der Waals surface area contributed by atoms with Crippen molar-refractivity contribution in [3.8, 4) is 0 Å². The summed E-state index contributed by atoms with van der Waals surface area (Å²) >= 11 is 1.59. The molecule has 0 radical (unpaired) electrons. The van der Waals surface area contributed by atoms with Crippen molar-refractivity contribution in [1.82, 2.24) is 25.5 Å². The molecule has 1 saturated carbocycles. The van der Waals surface area contributed by atoms with Crippen LogP contribution in [-0.2, 0) is 9.53 Å². The standard InChI is InChI=1S/C12H21N5O2S/c1-3-7-13-10(11(18)19-2)6-8-20-12-14-15-16-17(12)9-4-5-9/h9-10,13H,3-8H2,1-2H3. The summed E-state index contributed by atoms with van der Waals surface area (Å²) < 4.78 is 6.70. The van der Waals surface area contributed by atoms with E-state index < -0.39 is 0 Å². The molecule has 0 amide bonds. The molecule has 1 aliphatic rings. The normalized spacial score (nSPS) is 16.1. The van der Waals surface area contributed by atoms with Gasteiger partial charge in [-0.2, -0.15) is 0 Å². The van der Waals surface area contributed by atoms with Gasteiger partial charge < -0.3 is 10.1 Å². The van der Waals surface area contributed by atoms with Crippen LogP contribution in [0.25, 0.3) is 0 Å². The molecule has 20 heavy (non-hydrogen) atoms. The zero-order valence-corrected chi connectivity index (χ0v) is 12.7. The smallest absolute Gasteiger partial charge is 0.322 e. The van der Waals surface area contributed by atoms with E-state index in [-0.39, 0.29) is 12.0 Å². The Morgan fingerprint density at radius 2 is 2.40 bits per heavy atom.